The molecule has 0 aromatic heterocycles. The fourth-order valence-corrected chi connectivity index (χ4v) is 6.05. The summed E-state index contributed by atoms with van der Waals surface area (Å²) in [6, 6.07) is 15.4. The van der Waals surface area contributed by atoms with E-state index in [1.165, 1.54) is 28.6 Å². The zero-order chi connectivity index (χ0) is 21.6. The van der Waals surface area contributed by atoms with E-state index in [1.807, 2.05) is 37.4 Å². The predicted molar refractivity (Wildman–Crippen MR) is 119 cm³/mol. The van der Waals surface area contributed by atoms with Crippen molar-refractivity contribution in [1.29, 1.82) is 0 Å². The van der Waals surface area contributed by atoms with Crippen molar-refractivity contribution in [3.8, 4) is 0 Å². The number of anilines is 1. The second-order valence-electron chi connectivity index (χ2n) is 7.44. The van der Waals surface area contributed by atoms with Crippen molar-refractivity contribution >= 4 is 25.7 Å². The summed E-state index contributed by atoms with van der Waals surface area (Å²) in [5.74, 6) is 0. The lowest BCUT2D eigenvalue weighted by atomic mass is 10.2. The predicted octanol–water partition coefficient (Wildman–Crippen LogP) is 2.67. The number of para-hydroxylation sites is 1. The Bertz CT molecular complexity index is 1020. The van der Waals surface area contributed by atoms with Gasteiger partial charge in [-0.05, 0) is 55.7 Å². The third-order valence-corrected chi connectivity index (χ3v) is 8.64. The standard InChI is InChI=1S/C21H29N3O4S2/c1-23(19-9-4-2-5-10-19)16-8-15-22-29(25,26)20-11-13-21(14-12-20)30(27,28)24-17-6-3-7-18-24/h2,4-5,9-14,22H,3,6-8,15-18H2,1H3. The highest BCUT2D eigenvalue weighted by Crippen LogP contribution is 2.22. The Kier molecular flexibility index (Phi) is 7.51. The molecule has 3 rings (SSSR count). The maximum absolute atomic E-state index is 12.7. The molecular formula is C21H29N3O4S2. The van der Waals surface area contributed by atoms with Crippen LogP contribution < -0.4 is 9.62 Å². The Hall–Kier alpha value is -1.94. The van der Waals surface area contributed by atoms with Crippen LogP contribution in [0.2, 0.25) is 0 Å². The minimum atomic E-state index is -3.69. The minimum Gasteiger partial charge on any atom is -0.375 e. The number of nitrogens with one attached hydrogen (secondary N) is 1. The number of hydrogen-bond acceptors (Lipinski definition) is 5. The number of hydrogen-bond donors (Lipinski definition) is 1. The zero-order valence-electron chi connectivity index (χ0n) is 17.2. The van der Waals surface area contributed by atoms with Gasteiger partial charge in [-0.25, -0.2) is 21.6 Å². The highest BCUT2D eigenvalue weighted by Gasteiger charge is 2.26. The van der Waals surface area contributed by atoms with Gasteiger partial charge in [-0.2, -0.15) is 4.31 Å². The molecule has 0 radical (unpaired) electrons. The van der Waals surface area contributed by atoms with E-state index >= 15 is 0 Å². The van der Waals surface area contributed by atoms with Gasteiger partial charge in [0.1, 0.15) is 0 Å². The summed E-state index contributed by atoms with van der Waals surface area (Å²) in [4.78, 5) is 2.26. The zero-order valence-corrected chi connectivity index (χ0v) is 18.8. The van der Waals surface area contributed by atoms with Crippen molar-refractivity contribution in [1.82, 2.24) is 9.03 Å². The van der Waals surface area contributed by atoms with Gasteiger partial charge in [-0.15, -0.1) is 0 Å². The Labute approximate surface area is 179 Å². The third-order valence-electron chi connectivity index (χ3n) is 5.25. The molecule has 1 saturated heterocycles. The van der Waals surface area contributed by atoms with Gasteiger partial charge in [-0.1, -0.05) is 24.6 Å². The summed E-state index contributed by atoms with van der Waals surface area (Å²) >= 11 is 0. The summed E-state index contributed by atoms with van der Waals surface area (Å²) in [5, 5.41) is 0. The molecule has 30 heavy (non-hydrogen) atoms. The lowest BCUT2D eigenvalue weighted by molar-refractivity contribution is 0.346. The second kappa shape index (κ2) is 9.91. The quantitative estimate of drug-likeness (QED) is 0.593. The van der Waals surface area contributed by atoms with Gasteiger partial charge < -0.3 is 4.90 Å². The maximum atomic E-state index is 12.7. The monoisotopic (exact) mass is 451 g/mol. The molecule has 0 atom stereocenters. The van der Waals surface area contributed by atoms with Crippen LogP contribution in [0.25, 0.3) is 0 Å². The SMILES string of the molecule is CN(CCCNS(=O)(=O)c1ccc(S(=O)(=O)N2CCCCC2)cc1)c1ccccc1. The van der Waals surface area contributed by atoms with Gasteiger partial charge in [0.2, 0.25) is 20.0 Å². The first-order chi connectivity index (χ1) is 14.3. The van der Waals surface area contributed by atoms with E-state index in [9.17, 15) is 16.8 Å². The summed E-state index contributed by atoms with van der Waals surface area (Å²) < 4.78 is 54.5. The van der Waals surface area contributed by atoms with Crippen LogP contribution in [0.5, 0.6) is 0 Å². The van der Waals surface area contributed by atoms with Gasteiger partial charge in [0.25, 0.3) is 0 Å². The number of piperidine rings is 1. The first kappa shape index (κ1) is 22.7. The average molecular weight is 452 g/mol. The molecule has 0 aliphatic carbocycles. The van der Waals surface area contributed by atoms with Crippen LogP contribution in [0.15, 0.2) is 64.4 Å². The van der Waals surface area contributed by atoms with Crippen LogP contribution in [-0.4, -0.2) is 54.4 Å². The first-order valence-corrected chi connectivity index (χ1v) is 13.1. The largest absolute Gasteiger partial charge is 0.375 e. The Balaban J connectivity index is 1.56. The fourth-order valence-electron chi connectivity index (χ4n) is 3.46. The van der Waals surface area contributed by atoms with Crippen molar-refractivity contribution in [3.05, 3.63) is 54.6 Å². The molecule has 0 unspecified atom stereocenters. The van der Waals surface area contributed by atoms with Crippen LogP contribution in [0, 0.1) is 0 Å². The maximum Gasteiger partial charge on any atom is 0.243 e. The summed E-state index contributed by atoms with van der Waals surface area (Å²) in [7, 11) is -5.29. The molecule has 2 aromatic rings. The van der Waals surface area contributed by atoms with E-state index in [0.717, 1.165) is 24.9 Å². The van der Waals surface area contributed by atoms with Crippen molar-refractivity contribution in [2.45, 2.75) is 35.5 Å². The molecule has 1 heterocycles. The Morgan fingerprint density at radius 2 is 1.47 bits per heavy atom. The number of nitrogens with zero attached hydrogens (tertiary/aromatic N) is 2. The number of sulfonamides is 2. The lowest BCUT2D eigenvalue weighted by Crippen LogP contribution is -2.35. The highest BCUT2D eigenvalue weighted by molar-refractivity contribution is 7.89. The Morgan fingerprint density at radius 1 is 0.867 bits per heavy atom. The van der Waals surface area contributed by atoms with Gasteiger partial charge >= 0.3 is 0 Å². The van der Waals surface area contributed by atoms with E-state index in [2.05, 4.69) is 9.62 Å². The van der Waals surface area contributed by atoms with Gasteiger partial charge in [-0.3, -0.25) is 0 Å². The Morgan fingerprint density at radius 3 is 2.10 bits per heavy atom. The van der Waals surface area contributed by atoms with E-state index in [4.69, 9.17) is 0 Å². The van der Waals surface area contributed by atoms with Crippen molar-refractivity contribution in [2.24, 2.45) is 0 Å². The average Bonchev–Trinajstić information content (AvgIpc) is 2.78. The highest BCUT2D eigenvalue weighted by atomic mass is 32.2. The van der Waals surface area contributed by atoms with Crippen LogP contribution in [0.4, 0.5) is 5.69 Å². The molecule has 1 aliphatic heterocycles. The van der Waals surface area contributed by atoms with Crippen LogP contribution in [0.1, 0.15) is 25.7 Å². The molecular weight excluding hydrogens is 422 g/mol. The van der Waals surface area contributed by atoms with Crippen molar-refractivity contribution in [2.75, 3.05) is 38.1 Å². The first-order valence-electron chi connectivity index (χ1n) is 10.2. The minimum absolute atomic E-state index is 0.0662. The van der Waals surface area contributed by atoms with Crippen LogP contribution in [0.3, 0.4) is 0 Å². The van der Waals surface area contributed by atoms with E-state index in [-0.39, 0.29) is 9.79 Å². The summed E-state index contributed by atoms with van der Waals surface area (Å²) in [6.45, 7) is 2.04. The molecule has 0 spiro atoms. The molecule has 1 fully saturated rings. The molecule has 9 heteroatoms. The normalized spacial score (nSPS) is 15.8. The topological polar surface area (TPSA) is 86.8 Å². The third kappa shape index (κ3) is 5.60. The molecule has 1 aliphatic rings. The number of rotatable bonds is 9. The number of benzene rings is 2. The lowest BCUT2D eigenvalue weighted by Gasteiger charge is -2.25. The fraction of sp³-hybridized carbons (Fsp3) is 0.429. The van der Waals surface area contributed by atoms with E-state index < -0.39 is 20.0 Å². The molecule has 164 valence electrons. The molecule has 2 aromatic carbocycles. The summed E-state index contributed by atoms with van der Waals surface area (Å²) in [6.07, 6.45) is 3.40. The van der Waals surface area contributed by atoms with E-state index in [1.54, 1.807) is 0 Å². The second-order valence-corrected chi connectivity index (χ2v) is 11.1. The van der Waals surface area contributed by atoms with Crippen molar-refractivity contribution in [3.63, 3.8) is 0 Å². The van der Waals surface area contributed by atoms with Gasteiger partial charge in [0.05, 0.1) is 9.79 Å². The summed E-state index contributed by atoms with van der Waals surface area (Å²) in [5.41, 5.74) is 1.07. The molecule has 0 saturated carbocycles. The molecule has 0 bridgehead atoms. The van der Waals surface area contributed by atoms with Gasteiger partial charge in [0.15, 0.2) is 0 Å². The smallest absolute Gasteiger partial charge is 0.243 e. The van der Waals surface area contributed by atoms with Crippen LogP contribution >= 0.6 is 0 Å². The molecule has 0 amide bonds. The van der Waals surface area contributed by atoms with E-state index in [0.29, 0.717) is 32.6 Å². The molecule has 7 nitrogen and oxygen atoms in total. The molecule has 1 N–H and O–H groups in total. The van der Waals surface area contributed by atoms with Crippen LogP contribution in [-0.2, 0) is 20.0 Å². The van der Waals surface area contributed by atoms with Crippen molar-refractivity contribution < 1.29 is 16.8 Å². The van der Waals surface area contributed by atoms with Gasteiger partial charge in [0, 0.05) is 38.9 Å².